The molecule has 0 aromatic carbocycles. The summed E-state index contributed by atoms with van der Waals surface area (Å²) in [4.78, 5) is 14.3. The molecule has 1 amide bonds. The largest absolute Gasteiger partial charge is 0.381 e. The molecule has 2 heterocycles. The summed E-state index contributed by atoms with van der Waals surface area (Å²) in [7, 11) is 0. The van der Waals surface area contributed by atoms with Gasteiger partial charge in [-0.25, -0.2) is 0 Å². The van der Waals surface area contributed by atoms with Crippen molar-refractivity contribution in [2.75, 3.05) is 26.3 Å². The van der Waals surface area contributed by atoms with Crippen molar-refractivity contribution in [2.24, 2.45) is 17.6 Å². The number of halogens is 1. The van der Waals surface area contributed by atoms with Gasteiger partial charge in [-0.15, -0.1) is 12.4 Å². The number of rotatable bonds is 2. The number of nitrogens with zero attached hydrogens (tertiary/aromatic N) is 1. The molecule has 0 spiro atoms. The number of nitrogens with two attached hydrogens (primary N) is 1. The normalized spacial score (nSPS) is 27.4. The summed E-state index contributed by atoms with van der Waals surface area (Å²) < 4.78 is 5.31. The minimum atomic E-state index is -0.316. The van der Waals surface area contributed by atoms with Gasteiger partial charge in [0.15, 0.2) is 0 Å². The van der Waals surface area contributed by atoms with Gasteiger partial charge in [-0.1, -0.05) is 6.92 Å². The molecule has 5 heteroatoms. The number of piperidine rings is 1. The second-order valence-corrected chi connectivity index (χ2v) is 5.51. The number of hydrogen-bond acceptors (Lipinski definition) is 3. The van der Waals surface area contributed by atoms with Crippen LogP contribution in [0.5, 0.6) is 0 Å². The second kappa shape index (κ2) is 7.31. The number of carbonyl (C=O) groups is 1. The van der Waals surface area contributed by atoms with Crippen LogP contribution in [-0.4, -0.2) is 43.2 Å². The molecule has 2 atom stereocenters. The number of hydrogen-bond donors (Lipinski definition) is 1. The van der Waals surface area contributed by atoms with Crippen LogP contribution in [-0.2, 0) is 9.53 Å². The van der Waals surface area contributed by atoms with Crippen LogP contribution in [0.3, 0.4) is 0 Å². The highest BCUT2D eigenvalue weighted by Crippen LogP contribution is 2.21. The number of likely N-dealkylation sites (tertiary alicyclic amines) is 1. The molecule has 2 rings (SSSR count). The van der Waals surface area contributed by atoms with Crippen molar-refractivity contribution in [3.05, 3.63) is 0 Å². The third-order valence-corrected chi connectivity index (χ3v) is 4.03. The molecule has 0 radical (unpaired) electrons. The van der Waals surface area contributed by atoms with Gasteiger partial charge in [0.1, 0.15) is 0 Å². The Labute approximate surface area is 116 Å². The van der Waals surface area contributed by atoms with Crippen molar-refractivity contribution < 1.29 is 9.53 Å². The van der Waals surface area contributed by atoms with Crippen LogP contribution in [0, 0.1) is 11.8 Å². The lowest BCUT2D eigenvalue weighted by Gasteiger charge is -2.35. The van der Waals surface area contributed by atoms with E-state index in [0.29, 0.717) is 11.8 Å². The molecular formula is C13H25ClN2O2. The third kappa shape index (κ3) is 3.84. The van der Waals surface area contributed by atoms with Crippen molar-refractivity contribution in [3.8, 4) is 0 Å². The van der Waals surface area contributed by atoms with Gasteiger partial charge < -0.3 is 15.4 Å². The lowest BCUT2D eigenvalue weighted by molar-refractivity contribution is -0.136. The minimum absolute atomic E-state index is 0. The Kier molecular flexibility index (Phi) is 6.39. The highest BCUT2D eigenvalue weighted by atomic mass is 35.5. The molecule has 2 N–H and O–H groups in total. The van der Waals surface area contributed by atoms with E-state index in [9.17, 15) is 4.79 Å². The summed E-state index contributed by atoms with van der Waals surface area (Å²) in [5, 5.41) is 0. The van der Waals surface area contributed by atoms with Crippen LogP contribution in [0.4, 0.5) is 0 Å². The van der Waals surface area contributed by atoms with Gasteiger partial charge in [0, 0.05) is 26.3 Å². The molecular weight excluding hydrogens is 252 g/mol. The Balaban J connectivity index is 0.00000162. The first-order valence-electron chi connectivity index (χ1n) is 6.80. The summed E-state index contributed by atoms with van der Waals surface area (Å²) in [5.74, 6) is 1.09. The van der Waals surface area contributed by atoms with Crippen LogP contribution in [0.1, 0.15) is 32.6 Å². The van der Waals surface area contributed by atoms with Crippen LogP contribution in [0.15, 0.2) is 0 Å². The molecule has 2 aliphatic heterocycles. The van der Waals surface area contributed by atoms with Crippen LogP contribution >= 0.6 is 12.4 Å². The Bertz CT molecular complexity index is 270. The molecule has 0 bridgehead atoms. The molecule has 4 nitrogen and oxygen atoms in total. The zero-order valence-electron chi connectivity index (χ0n) is 11.1. The molecule has 0 aromatic rings. The van der Waals surface area contributed by atoms with Gasteiger partial charge >= 0.3 is 0 Å². The Morgan fingerprint density at radius 2 is 2.00 bits per heavy atom. The quantitative estimate of drug-likeness (QED) is 0.830. The smallest absolute Gasteiger partial charge is 0.239 e. The van der Waals surface area contributed by atoms with Gasteiger partial charge in [-0.3, -0.25) is 4.79 Å². The predicted molar refractivity (Wildman–Crippen MR) is 73.7 cm³/mol. The van der Waals surface area contributed by atoms with Crippen molar-refractivity contribution in [3.63, 3.8) is 0 Å². The maximum Gasteiger partial charge on any atom is 0.239 e. The minimum Gasteiger partial charge on any atom is -0.381 e. The average Bonchev–Trinajstić information content (AvgIpc) is 2.38. The van der Waals surface area contributed by atoms with E-state index in [4.69, 9.17) is 10.5 Å². The number of carbonyl (C=O) groups excluding carboxylic acids is 1. The van der Waals surface area contributed by atoms with Crippen LogP contribution in [0.25, 0.3) is 0 Å². The van der Waals surface area contributed by atoms with E-state index < -0.39 is 0 Å². The molecule has 2 fully saturated rings. The second-order valence-electron chi connectivity index (χ2n) is 5.51. The summed E-state index contributed by atoms with van der Waals surface area (Å²) in [5.41, 5.74) is 6.12. The first-order valence-corrected chi connectivity index (χ1v) is 6.80. The zero-order valence-corrected chi connectivity index (χ0v) is 12.0. The maximum absolute atomic E-state index is 12.3. The van der Waals surface area contributed by atoms with Gasteiger partial charge in [0.25, 0.3) is 0 Å². The van der Waals surface area contributed by atoms with Crippen molar-refractivity contribution in [1.82, 2.24) is 4.90 Å². The molecule has 0 aromatic heterocycles. The Morgan fingerprint density at radius 1 is 1.33 bits per heavy atom. The third-order valence-electron chi connectivity index (χ3n) is 4.03. The predicted octanol–water partition coefficient (Wildman–Crippen LogP) is 1.42. The molecule has 2 saturated heterocycles. The lowest BCUT2D eigenvalue weighted by Crippen LogP contribution is -2.51. The summed E-state index contributed by atoms with van der Waals surface area (Å²) in [6, 6.07) is -0.316. The molecule has 106 valence electrons. The van der Waals surface area contributed by atoms with E-state index in [2.05, 4.69) is 6.92 Å². The maximum atomic E-state index is 12.3. The summed E-state index contributed by atoms with van der Waals surface area (Å²) in [6.45, 7) is 5.49. The summed E-state index contributed by atoms with van der Waals surface area (Å²) in [6.07, 6.45) is 4.20. The van der Waals surface area contributed by atoms with Gasteiger partial charge in [0.2, 0.25) is 5.91 Å². The van der Waals surface area contributed by atoms with Crippen molar-refractivity contribution in [1.29, 1.82) is 0 Å². The van der Waals surface area contributed by atoms with E-state index in [1.807, 2.05) is 4.90 Å². The van der Waals surface area contributed by atoms with Gasteiger partial charge in [-0.05, 0) is 37.5 Å². The van der Waals surface area contributed by atoms with Gasteiger partial charge in [-0.2, -0.15) is 0 Å². The van der Waals surface area contributed by atoms with E-state index in [1.54, 1.807) is 0 Å². The lowest BCUT2D eigenvalue weighted by atomic mass is 9.90. The van der Waals surface area contributed by atoms with Crippen LogP contribution < -0.4 is 5.73 Å². The van der Waals surface area contributed by atoms with E-state index in [-0.39, 0.29) is 24.4 Å². The fraction of sp³-hybridized carbons (Fsp3) is 0.923. The molecule has 0 saturated carbocycles. The van der Waals surface area contributed by atoms with Crippen molar-refractivity contribution in [2.45, 2.75) is 38.6 Å². The first-order chi connectivity index (χ1) is 8.18. The molecule has 18 heavy (non-hydrogen) atoms. The fourth-order valence-electron chi connectivity index (χ4n) is 2.88. The number of ether oxygens (including phenoxy) is 1. The van der Waals surface area contributed by atoms with Crippen LogP contribution in [0.2, 0.25) is 0 Å². The molecule has 2 aliphatic rings. The SMILES string of the molecule is CC1CCCN(C(=O)C(N)C2CCOCC2)C1.Cl. The monoisotopic (exact) mass is 276 g/mol. The summed E-state index contributed by atoms with van der Waals surface area (Å²) >= 11 is 0. The average molecular weight is 277 g/mol. The number of amides is 1. The highest BCUT2D eigenvalue weighted by Gasteiger charge is 2.31. The Hall–Kier alpha value is -0.320. The van der Waals surface area contributed by atoms with Crippen molar-refractivity contribution >= 4 is 18.3 Å². The van der Waals surface area contributed by atoms with Gasteiger partial charge in [0.05, 0.1) is 6.04 Å². The molecule has 0 aliphatic carbocycles. The van der Waals surface area contributed by atoms with E-state index >= 15 is 0 Å². The Morgan fingerprint density at radius 3 is 2.61 bits per heavy atom. The zero-order chi connectivity index (χ0) is 12.3. The fourth-order valence-corrected chi connectivity index (χ4v) is 2.88. The standard InChI is InChI=1S/C13H24N2O2.ClH/c1-10-3-2-6-15(9-10)13(16)12(14)11-4-7-17-8-5-11;/h10-12H,2-9,14H2,1H3;1H. The van der Waals surface area contributed by atoms with E-state index in [1.165, 1.54) is 6.42 Å². The topological polar surface area (TPSA) is 55.6 Å². The highest BCUT2D eigenvalue weighted by molar-refractivity contribution is 5.85. The molecule has 2 unspecified atom stereocenters. The first kappa shape index (κ1) is 15.7. The van der Waals surface area contributed by atoms with E-state index in [0.717, 1.165) is 45.6 Å².